The molecule has 11 heteroatoms. The van der Waals surface area contributed by atoms with Crippen LogP contribution in [0.4, 0.5) is 5.69 Å². The first-order chi connectivity index (χ1) is 15.0. The van der Waals surface area contributed by atoms with E-state index >= 15 is 0 Å². The van der Waals surface area contributed by atoms with Gasteiger partial charge in [0.2, 0.25) is 5.82 Å². The lowest BCUT2D eigenvalue weighted by Crippen LogP contribution is -2.35. The molecule has 1 aromatic heterocycles. The van der Waals surface area contributed by atoms with E-state index < -0.39 is 10.8 Å². The van der Waals surface area contributed by atoms with Crippen molar-refractivity contribution in [2.75, 3.05) is 19.7 Å². The Kier molecular flexibility index (Phi) is 6.89. The third-order valence-corrected chi connectivity index (χ3v) is 4.06. The molecular weight excluding hydrogens is 406 g/mol. The van der Waals surface area contributed by atoms with E-state index in [2.05, 4.69) is 20.8 Å². The number of nitrogens with zero attached hydrogens (tertiary/aromatic N) is 3. The quantitative estimate of drug-likeness (QED) is 0.301. The van der Waals surface area contributed by atoms with E-state index in [0.29, 0.717) is 23.5 Å². The van der Waals surface area contributed by atoms with Gasteiger partial charge in [0.1, 0.15) is 5.75 Å². The van der Waals surface area contributed by atoms with Gasteiger partial charge >= 0.3 is 11.8 Å². The number of benzene rings is 2. The summed E-state index contributed by atoms with van der Waals surface area (Å²) < 4.78 is 10.3. The van der Waals surface area contributed by atoms with Crippen LogP contribution in [0.5, 0.6) is 5.75 Å². The van der Waals surface area contributed by atoms with Crippen molar-refractivity contribution in [3.63, 3.8) is 0 Å². The van der Waals surface area contributed by atoms with Gasteiger partial charge in [-0.25, -0.2) is 0 Å². The van der Waals surface area contributed by atoms with Crippen molar-refractivity contribution in [1.29, 1.82) is 0 Å². The fourth-order valence-corrected chi connectivity index (χ4v) is 2.65. The number of nitro groups is 1. The number of carbonyl (C=O) groups excluding carboxylic acids is 2. The van der Waals surface area contributed by atoms with Crippen LogP contribution >= 0.6 is 0 Å². The molecule has 11 nitrogen and oxygen atoms in total. The number of hydrogen-bond acceptors (Lipinski definition) is 8. The Balaban J connectivity index is 1.52. The Bertz CT molecular complexity index is 1100. The molecule has 0 spiro atoms. The summed E-state index contributed by atoms with van der Waals surface area (Å²) in [5.74, 6) is -0.729. The number of aromatic nitrogens is 2. The maximum atomic E-state index is 12.3. The molecule has 0 radical (unpaired) electrons. The number of nitrogens with one attached hydrogen (secondary N) is 2. The Morgan fingerprint density at radius 1 is 1.10 bits per heavy atom. The van der Waals surface area contributed by atoms with Crippen LogP contribution < -0.4 is 15.4 Å². The molecule has 2 amide bonds. The molecule has 0 fully saturated rings. The summed E-state index contributed by atoms with van der Waals surface area (Å²) in [5, 5.41) is 19.8. The number of nitro benzene ring substituents is 1. The predicted octanol–water partition coefficient (Wildman–Crippen LogP) is 2.20. The van der Waals surface area contributed by atoms with Gasteiger partial charge in [0, 0.05) is 30.8 Å². The van der Waals surface area contributed by atoms with Gasteiger partial charge in [0.25, 0.3) is 11.6 Å². The Morgan fingerprint density at radius 3 is 2.58 bits per heavy atom. The highest BCUT2D eigenvalue weighted by Gasteiger charge is 2.17. The SMILES string of the molecule is CCOc1ccccc1C(=O)NCCNC(=O)c1nc(-c2cccc([N+](=O)[O-])c2)no1. The van der Waals surface area contributed by atoms with Crippen LogP contribution in [0, 0.1) is 10.1 Å². The smallest absolute Gasteiger partial charge is 0.316 e. The first-order valence-electron chi connectivity index (χ1n) is 9.36. The van der Waals surface area contributed by atoms with E-state index in [9.17, 15) is 19.7 Å². The zero-order valence-corrected chi connectivity index (χ0v) is 16.5. The van der Waals surface area contributed by atoms with Crippen LogP contribution in [0.25, 0.3) is 11.4 Å². The van der Waals surface area contributed by atoms with E-state index in [1.54, 1.807) is 30.3 Å². The molecule has 0 bridgehead atoms. The Hall–Kier alpha value is -4.28. The number of amides is 2. The molecular formula is C20H19N5O6. The van der Waals surface area contributed by atoms with Gasteiger partial charge in [0.05, 0.1) is 17.1 Å². The van der Waals surface area contributed by atoms with Crippen LogP contribution in [0.15, 0.2) is 53.1 Å². The molecule has 0 atom stereocenters. The summed E-state index contributed by atoms with van der Waals surface area (Å²) in [4.78, 5) is 38.8. The van der Waals surface area contributed by atoms with Gasteiger partial charge in [-0.15, -0.1) is 0 Å². The molecule has 2 aromatic carbocycles. The maximum Gasteiger partial charge on any atom is 0.316 e. The van der Waals surface area contributed by atoms with Gasteiger partial charge in [-0.1, -0.05) is 29.4 Å². The average Bonchev–Trinajstić information content (AvgIpc) is 3.27. The van der Waals surface area contributed by atoms with E-state index in [0.717, 1.165) is 0 Å². The normalized spacial score (nSPS) is 10.4. The van der Waals surface area contributed by atoms with Crippen LogP contribution in [-0.4, -0.2) is 46.6 Å². The third-order valence-electron chi connectivity index (χ3n) is 4.06. The number of non-ortho nitro benzene ring substituents is 1. The second-order valence-electron chi connectivity index (χ2n) is 6.17. The lowest BCUT2D eigenvalue weighted by molar-refractivity contribution is -0.384. The summed E-state index contributed by atoms with van der Waals surface area (Å²) in [7, 11) is 0. The molecule has 160 valence electrons. The molecule has 0 unspecified atom stereocenters. The van der Waals surface area contributed by atoms with Crippen molar-refractivity contribution in [2.24, 2.45) is 0 Å². The predicted molar refractivity (Wildman–Crippen MR) is 109 cm³/mol. The van der Waals surface area contributed by atoms with Gasteiger partial charge in [-0.3, -0.25) is 19.7 Å². The standard InChI is InChI=1S/C20H19N5O6/c1-2-30-16-9-4-3-8-15(16)18(26)21-10-11-22-19(27)20-23-17(24-31-20)13-6-5-7-14(12-13)25(28)29/h3-9,12H,2,10-11H2,1H3,(H,21,26)(H,22,27). The molecule has 0 aliphatic rings. The second kappa shape index (κ2) is 9.96. The fourth-order valence-electron chi connectivity index (χ4n) is 2.65. The molecule has 3 aromatic rings. The van der Waals surface area contributed by atoms with Gasteiger partial charge in [0.15, 0.2) is 0 Å². The van der Waals surface area contributed by atoms with Gasteiger partial charge in [-0.05, 0) is 19.1 Å². The molecule has 3 rings (SSSR count). The molecule has 1 heterocycles. The summed E-state index contributed by atoms with van der Waals surface area (Å²) in [6.45, 7) is 2.54. The minimum Gasteiger partial charge on any atom is -0.493 e. The lowest BCUT2D eigenvalue weighted by atomic mass is 10.2. The van der Waals surface area contributed by atoms with E-state index in [4.69, 9.17) is 9.26 Å². The van der Waals surface area contributed by atoms with E-state index in [-0.39, 0.29) is 36.4 Å². The van der Waals surface area contributed by atoms with Crippen molar-refractivity contribution in [3.05, 3.63) is 70.1 Å². The summed E-state index contributed by atoms with van der Waals surface area (Å²) >= 11 is 0. The molecule has 0 saturated heterocycles. The molecule has 2 N–H and O–H groups in total. The van der Waals surface area contributed by atoms with Gasteiger partial charge < -0.3 is 19.9 Å². The zero-order chi connectivity index (χ0) is 22.2. The second-order valence-corrected chi connectivity index (χ2v) is 6.17. The fraction of sp³-hybridized carbons (Fsp3) is 0.200. The van der Waals surface area contributed by atoms with Crippen molar-refractivity contribution in [2.45, 2.75) is 6.92 Å². The highest BCUT2D eigenvalue weighted by atomic mass is 16.6. The minimum atomic E-state index is -0.631. The van der Waals surface area contributed by atoms with Crippen molar-refractivity contribution >= 4 is 17.5 Å². The topological polar surface area (TPSA) is 149 Å². The number of carbonyl (C=O) groups is 2. The van der Waals surface area contributed by atoms with Crippen molar-refractivity contribution < 1.29 is 23.8 Å². The molecule has 0 saturated carbocycles. The number of hydrogen-bond donors (Lipinski definition) is 2. The van der Waals surface area contributed by atoms with Crippen LogP contribution in [0.1, 0.15) is 28.0 Å². The Labute approximate surface area is 176 Å². The van der Waals surface area contributed by atoms with Gasteiger partial charge in [-0.2, -0.15) is 4.98 Å². The monoisotopic (exact) mass is 425 g/mol. The molecule has 31 heavy (non-hydrogen) atoms. The van der Waals surface area contributed by atoms with Crippen LogP contribution in [-0.2, 0) is 0 Å². The minimum absolute atomic E-state index is 0.0506. The third kappa shape index (κ3) is 5.41. The van der Waals surface area contributed by atoms with Crippen molar-refractivity contribution in [3.8, 4) is 17.1 Å². The largest absolute Gasteiger partial charge is 0.493 e. The molecule has 0 aliphatic carbocycles. The number of rotatable bonds is 9. The summed E-state index contributed by atoms with van der Waals surface area (Å²) in [6.07, 6.45) is 0. The first kappa shape index (κ1) is 21.4. The van der Waals surface area contributed by atoms with Crippen LogP contribution in [0.3, 0.4) is 0 Å². The molecule has 0 aliphatic heterocycles. The van der Waals surface area contributed by atoms with Crippen LogP contribution in [0.2, 0.25) is 0 Å². The van der Waals surface area contributed by atoms with E-state index in [1.165, 1.54) is 18.2 Å². The number of para-hydroxylation sites is 1. The highest BCUT2D eigenvalue weighted by Crippen LogP contribution is 2.21. The number of ether oxygens (including phenoxy) is 1. The zero-order valence-electron chi connectivity index (χ0n) is 16.5. The average molecular weight is 425 g/mol. The summed E-state index contributed by atoms with van der Waals surface area (Å²) in [5.41, 5.74) is 0.612. The lowest BCUT2D eigenvalue weighted by Gasteiger charge is -2.10. The summed E-state index contributed by atoms with van der Waals surface area (Å²) in [6, 6.07) is 12.5. The highest BCUT2D eigenvalue weighted by molar-refractivity contribution is 5.97. The first-order valence-corrected chi connectivity index (χ1v) is 9.36. The van der Waals surface area contributed by atoms with E-state index in [1.807, 2.05) is 6.92 Å². The maximum absolute atomic E-state index is 12.3. The Morgan fingerprint density at radius 2 is 1.84 bits per heavy atom. The van der Waals surface area contributed by atoms with Crippen molar-refractivity contribution in [1.82, 2.24) is 20.8 Å².